The van der Waals surface area contributed by atoms with Crippen LogP contribution in [-0.4, -0.2) is 25.1 Å². The third-order valence-electron chi connectivity index (χ3n) is 4.54. The number of nitrogens with one attached hydrogen (secondary N) is 2. The molecule has 0 radical (unpaired) electrons. The number of fused-ring (bicyclic) bond motifs is 1. The minimum Gasteiger partial charge on any atom is -0.322 e. The smallest absolute Gasteiger partial charge is 0.257 e. The van der Waals surface area contributed by atoms with Gasteiger partial charge in [0.05, 0.1) is 28.2 Å². The Bertz CT molecular complexity index is 1170. The van der Waals surface area contributed by atoms with Crippen molar-refractivity contribution in [1.82, 2.24) is 4.98 Å². The van der Waals surface area contributed by atoms with Crippen molar-refractivity contribution in [2.24, 2.45) is 0 Å². The molecule has 1 aromatic heterocycles. The SMILES string of the molecule is CCS(=O)(=O)Nc1ccc(NC(=O)c2cc3cc(C)ccc3nc2C)cc1C. The summed E-state index contributed by atoms with van der Waals surface area (Å²) in [4.78, 5) is 17.3. The van der Waals surface area contributed by atoms with Crippen LogP contribution in [0.15, 0.2) is 42.5 Å². The van der Waals surface area contributed by atoms with Gasteiger partial charge >= 0.3 is 0 Å². The van der Waals surface area contributed by atoms with E-state index in [9.17, 15) is 13.2 Å². The second-order valence-electron chi connectivity index (χ2n) is 6.81. The number of aryl methyl sites for hydroxylation is 3. The minimum atomic E-state index is -3.35. The Morgan fingerprint density at radius 1 is 1.04 bits per heavy atom. The zero-order valence-electron chi connectivity index (χ0n) is 16.3. The fraction of sp³-hybridized carbons (Fsp3) is 0.238. The molecule has 0 saturated carbocycles. The second-order valence-corrected chi connectivity index (χ2v) is 8.82. The summed E-state index contributed by atoms with van der Waals surface area (Å²) in [5, 5.41) is 3.78. The lowest BCUT2D eigenvalue weighted by Gasteiger charge is -2.13. The standard InChI is InChI=1S/C21H23N3O3S/c1-5-28(26,27)24-19-9-7-17(11-14(19)3)23-21(25)18-12-16-10-13(2)6-8-20(16)22-15(18)4/h6-12,24H,5H2,1-4H3,(H,23,25). The molecule has 0 aliphatic heterocycles. The molecular weight excluding hydrogens is 374 g/mol. The molecule has 0 saturated heterocycles. The number of carbonyl (C=O) groups is 1. The van der Waals surface area contributed by atoms with Crippen molar-refractivity contribution in [2.75, 3.05) is 15.8 Å². The van der Waals surface area contributed by atoms with Gasteiger partial charge in [-0.25, -0.2) is 8.42 Å². The van der Waals surface area contributed by atoms with E-state index in [1.165, 1.54) is 0 Å². The van der Waals surface area contributed by atoms with Gasteiger partial charge in [-0.1, -0.05) is 11.6 Å². The van der Waals surface area contributed by atoms with E-state index in [1.54, 1.807) is 32.0 Å². The largest absolute Gasteiger partial charge is 0.322 e. The monoisotopic (exact) mass is 397 g/mol. The number of hydrogen-bond donors (Lipinski definition) is 2. The average Bonchev–Trinajstić information content (AvgIpc) is 2.63. The predicted octanol–water partition coefficient (Wildman–Crippen LogP) is 4.17. The number of nitrogens with zero attached hydrogens (tertiary/aromatic N) is 1. The van der Waals surface area contributed by atoms with Crippen molar-refractivity contribution < 1.29 is 13.2 Å². The Morgan fingerprint density at radius 2 is 1.79 bits per heavy atom. The zero-order valence-corrected chi connectivity index (χ0v) is 17.1. The minimum absolute atomic E-state index is 0.00135. The van der Waals surface area contributed by atoms with Gasteiger partial charge in [0.2, 0.25) is 10.0 Å². The van der Waals surface area contributed by atoms with Crippen LogP contribution in [-0.2, 0) is 10.0 Å². The van der Waals surface area contributed by atoms with Crippen molar-refractivity contribution in [3.63, 3.8) is 0 Å². The predicted molar refractivity (Wildman–Crippen MR) is 113 cm³/mol. The van der Waals surface area contributed by atoms with Crippen molar-refractivity contribution >= 4 is 38.2 Å². The topological polar surface area (TPSA) is 88.2 Å². The van der Waals surface area contributed by atoms with Crippen molar-refractivity contribution in [3.05, 3.63) is 64.8 Å². The number of anilines is 2. The number of carbonyl (C=O) groups excluding carboxylic acids is 1. The number of amides is 1. The fourth-order valence-corrected chi connectivity index (χ4v) is 3.62. The first-order chi connectivity index (χ1) is 13.2. The maximum atomic E-state index is 12.8. The molecule has 3 rings (SSSR count). The van der Waals surface area contributed by atoms with Crippen molar-refractivity contribution in [3.8, 4) is 0 Å². The lowest BCUT2D eigenvalue weighted by Crippen LogP contribution is -2.16. The van der Waals surface area contributed by atoms with E-state index >= 15 is 0 Å². The van der Waals surface area contributed by atoms with Crippen LogP contribution >= 0.6 is 0 Å². The van der Waals surface area contributed by atoms with Gasteiger partial charge in [0.25, 0.3) is 5.91 Å². The van der Waals surface area contributed by atoms with Gasteiger partial charge in [0, 0.05) is 11.1 Å². The fourth-order valence-electron chi connectivity index (χ4n) is 2.92. The van der Waals surface area contributed by atoms with Crippen LogP contribution in [0.2, 0.25) is 0 Å². The van der Waals surface area contributed by atoms with Crippen LogP contribution in [0.3, 0.4) is 0 Å². The van der Waals surface area contributed by atoms with Crippen LogP contribution < -0.4 is 10.0 Å². The Kier molecular flexibility index (Phi) is 5.38. The highest BCUT2D eigenvalue weighted by Crippen LogP contribution is 2.23. The molecule has 2 N–H and O–H groups in total. The van der Waals surface area contributed by atoms with Gasteiger partial charge in [-0.2, -0.15) is 0 Å². The first-order valence-corrected chi connectivity index (χ1v) is 10.6. The summed E-state index contributed by atoms with van der Waals surface area (Å²) in [6, 6.07) is 12.8. The van der Waals surface area contributed by atoms with E-state index < -0.39 is 10.0 Å². The van der Waals surface area contributed by atoms with E-state index in [0.29, 0.717) is 22.6 Å². The average molecular weight is 398 g/mol. The molecule has 1 amide bonds. The van der Waals surface area contributed by atoms with E-state index in [1.807, 2.05) is 38.1 Å². The van der Waals surface area contributed by atoms with Gasteiger partial charge in [0.15, 0.2) is 0 Å². The van der Waals surface area contributed by atoms with Crippen molar-refractivity contribution in [2.45, 2.75) is 27.7 Å². The summed E-state index contributed by atoms with van der Waals surface area (Å²) in [6.07, 6.45) is 0. The lowest BCUT2D eigenvalue weighted by atomic mass is 10.1. The maximum absolute atomic E-state index is 12.8. The van der Waals surface area contributed by atoms with Crippen LogP contribution in [0.25, 0.3) is 10.9 Å². The summed E-state index contributed by atoms with van der Waals surface area (Å²) < 4.78 is 26.0. The van der Waals surface area contributed by atoms with Gasteiger partial charge in [0.1, 0.15) is 0 Å². The molecule has 2 aromatic carbocycles. The van der Waals surface area contributed by atoms with Gasteiger partial charge in [-0.15, -0.1) is 0 Å². The first kappa shape index (κ1) is 19.8. The molecular formula is C21H23N3O3S. The van der Waals surface area contributed by atoms with E-state index in [2.05, 4.69) is 15.0 Å². The molecule has 28 heavy (non-hydrogen) atoms. The summed E-state index contributed by atoms with van der Waals surface area (Å²) in [6.45, 7) is 7.17. The van der Waals surface area contributed by atoms with E-state index in [0.717, 1.165) is 22.0 Å². The quantitative estimate of drug-likeness (QED) is 0.676. The highest BCUT2D eigenvalue weighted by Gasteiger charge is 2.14. The van der Waals surface area contributed by atoms with Gasteiger partial charge < -0.3 is 5.32 Å². The number of pyridine rings is 1. The molecule has 0 atom stereocenters. The molecule has 7 heteroatoms. The molecule has 1 heterocycles. The Hall–Kier alpha value is -2.93. The maximum Gasteiger partial charge on any atom is 0.257 e. The third-order valence-corrected chi connectivity index (χ3v) is 5.83. The molecule has 0 fully saturated rings. The molecule has 0 spiro atoms. The van der Waals surface area contributed by atoms with Gasteiger partial charge in [-0.05, 0) is 69.7 Å². The van der Waals surface area contributed by atoms with Crippen LogP contribution in [0.1, 0.15) is 34.1 Å². The Balaban J connectivity index is 1.86. The second kappa shape index (κ2) is 7.59. The molecule has 0 aliphatic carbocycles. The first-order valence-electron chi connectivity index (χ1n) is 8.99. The Labute approximate surface area is 165 Å². The number of hydrogen-bond acceptors (Lipinski definition) is 4. The number of rotatable bonds is 5. The Morgan fingerprint density at radius 3 is 2.46 bits per heavy atom. The normalized spacial score (nSPS) is 11.4. The van der Waals surface area contributed by atoms with Crippen LogP contribution in [0, 0.1) is 20.8 Å². The van der Waals surface area contributed by atoms with Crippen LogP contribution in [0.4, 0.5) is 11.4 Å². The summed E-state index contributed by atoms with van der Waals surface area (Å²) in [7, 11) is -3.35. The molecule has 0 unspecified atom stereocenters. The molecule has 146 valence electrons. The van der Waals surface area contributed by atoms with Crippen molar-refractivity contribution in [1.29, 1.82) is 0 Å². The molecule has 6 nitrogen and oxygen atoms in total. The molecule has 0 bridgehead atoms. The highest BCUT2D eigenvalue weighted by atomic mass is 32.2. The lowest BCUT2D eigenvalue weighted by molar-refractivity contribution is 0.102. The summed E-state index contributed by atoms with van der Waals surface area (Å²) in [5.41, 5.74) is 4.92. The number of aromatic nitrogens is 1. The van der Waals surface area contributed by atoms with E-state index in [-0.39, 0.29) is 11.7 Å². The van der Waals surface area contributed by atoms with Crippen LogP contribution in [0.5, 0.6) is 0 Å². The van der Waals surface area contributed by atoms with Gasteiger partial charge in [-0.3, -0.25) is 14.5 Å². The molecule has 0 aliphatic rings. The third kappa shape index (κ3) is 4.31. The van der Waals surface area contributed by atoms with E-state index in [4.69, 9.17) is 0 Å². The molecule has 3 aromatic rings. The number of benzene rings is 2. The zero-order chi connectivity index (χ0) is 20.5. The highest BCUT2D eigenvalue weighted by molar-refractivity contribution is 7.92. The summed E-state index contributed by atoms with van der Waals surface area (Å²) in [5.74, 6) is -0.256. The summed E-state index contributed by atoms with van der Waals surface area (Å²) >= 11 is 0. The number of sulfonamides is 1.